The zero-order valence-corrected chi connectivity index (χ0v) is 8.92. The molecule has 17 heavy (non-hydrogen) atoms. The number of hydrogen-bond donors (Lipinski definition) is 0. The van der Waals surface area contributed by atoms with E-state index in [2.05, 4.69) is 23.3 Å². The van der Waals surface area contributed by atoms with Gasteiger partial charge in [-0.1, -0.05) is 35.2 Å². The molecule has 0 aliphatic rings. The standard InChI is InChI=1S/C14H8N2O/c17-16-12-7-6-10-3-1-2-9-4-5-11(8-15-16)14(12)13(9)10/h1-8H. The summed E-state index contributed by atoms with van der Waals surface area (Å²) in [7, 11) is 0. The summed E-state index contributed by atoms with van der Waals surface area (Å²) < 4.78 is 0. The van der Waals surface area contributed by atoms with E-state index in [4.69, 9.17) is 0 Å². The normalized spacial score (nSPS) is 11.8. The van der Waals surface area contributed by atoms with Crippen LogP contribution >= 0.6 is 0 Å². The van der Waals surface area contributed by atoms with Crippen LogP contribution in [0.3, 0.4) is 0 Å². The topological polar surface area (TPSA) is 39.8 Å². The number of aromatic nitrogens is 2. The first-order valence-corrected chi connectivity index (χ1v) is 5.47. The van der Waals surface area contributed by atoms with Crippen LogP contribution in [0, 0.1) is 5.21 Å². The van der Waals surface area contributed by atoms with Gasteiger partial charge < -0.3 is 5.21 Å². The summed E-state index contributed by atoms with van der Waals surface area (Å²) in [6, 6.07) is 14.1. The van der Waals surface area contributed by atoms with E-state index in [9.17, 15) is 5.21 Å². The second kappa shape index (κ2) is 2.83. The van der Waals surface area contributed by atoms with Gasteiger partial charge in [-0.05, 0) is 16.8 Å². The highest BCUT2D eigenvalue weighted by molar-refractivity contribution is 6.21. The first-order valence-electron chi connectivity index (χ1n) is 5.47. The van der Waals surface area contributed by atoms with Gasteiger partial charge in [0.05, 0.1) is 5.39 Å². The van der Waals surface area contributed by atoms with E-state index in [0.717, 1.165) is 26.9 Å². The molecule has 80 valence electrons. The smallest absolute Gasteiger partial charge is 0.253 e. The molecule has 1 aromatic heterocycles. The molecule has 4 rings (SSSR count). The third-order valence-electron chi connectivity index (χ3n) is 3.29. The van der Waals surface area contributed by atoms with Crippen molar-refractivity contribution in [1.82, 2.24) is 5.10 Å². The van der Waals surface area contributed by atoms with Crippen molar-refractivity contribution in [1.29, 1.82) is 0 Å². The fraction of sp³-hybridized carbons (Fsp3) is 0. The van der Waals surface area contributed by atoms with Crippen LogP contribution in [-0.4, -0.2) is 5.10 Å². The minimum absolute atomic E-state index is 0.631. The minimum atomic E-state index is 0.631. The van der Waals surface area contributed by atoms with Crippen molar-refractivity contribution in [2.75, 3.05) is 0 Å². The molecule has 3 heteroatoms. The van der Waals surface area contributed by atoms with Gasteiger partial charge >= 0.3 is 0 Å². The second-order valence-electron chi connectivity index (χ2n) is 4.21. The summed E-state index contributed by atoms with van der Waals surface area (Å²) in [6.45, 7) is 0. The Morgan fingerprint density at radius 1 is 0.824 bits per heavy atom. The maximum atomic E-state index is 11.7. The lowest BCUT2D eigenvalue weighted by Gasteiger charge is -2.08. The number of hydrogen-bond acceptors (Lipinski definition) is 2. The van der Waals surface area contributed by atoms with Gasteiger partial charge in [-0.15, -0.1) is 0 Å². The van der Waals surface area contributed by atoms with Gasteiger partial charge in [0.25, 0.3) is 5.52 Å². The zero-order valence-electron chi connectivity index (χ0n) is 8.92. The molecule has 0 unspecified atom stereocenters. The molecule has 1 heterocycles. The van der Waals surface area contributed by atoms with Crippen molar-refractivity contribution < 1.29 is 4.85 Å². The summed E-state index contributed by atoms with van der Waals surface area (Å²) in [5.41, 5.74) is 0.631. The molecule has 0 saturated heterocycles. The molecule has 0 atom stereocenters. The van der Waals surface area contributed by atoms with Gasteiger partial charge in [0.2, 0.25) is 0 Å². The van der Waals surface area contributed by atoms with Crippen LogP contribution in [0.4, 0.5) is 0 Å². The predicted molar refractivity (Wildman–Crippen MR) is 66.9 cm³/mol. The average Bonchev–Trinajstić information content (AvgIpc) is 2.38. The quantitative estimate of drug-likeness (QED) is 0.259. The van der Waals surface area contributed by atoms with E-state index in [1.807, 2.05) is 24.3 Å². The molecule has 0 aliphatic heterocycles. The summed E-state index contributed by atoms with van der Waals surface area (Å²) in [5, 5.41) is 21.0. The van der Waals surface area contributed by atoms with Crippen LogP contribution in [0.5, 0.6) is 0 Å². The van der Waals surface area contributed by atoms with E-state index in [0.29, 0.717) is 10.4 Å². The lowest BCUT2D eigenvalue weighted by molar-refractivity contribution is -0.642. The number of benzene rings is 3. The van der Waals surface area contributed by atoms with Crippen molar-refractivity contribution in [2.45, 2.75) is 0 Å². The van der Waals surface area contributed by atoms with E-state index in [1.165, 1.54) is 0 Å². The monoisotopic (exact) mass is 220 g/mol. The van der Waals surface area contributed by atoms with Gasteiger partial charge in [-0.3, -0.25) is 0 Å². The Morgan fingerprint density at radius 2 is 1.53 bits per heavy atom. The third-order valence-corrected chi connectivity index (χ3v) is 3.29. The molecular weight excluding hydrogens is 212 g/mol. The van der Waals surface area contributed by atoms with Crippen molar-refractivity contribution in [3.05, 3.63) is 53.9 Å². The molecule has 0 aliphatic carbocycles. The van der Waals surface area contributed by atoms with Crippen LogP contribution < -0.4 is 4.85 Å². The first kappa shape index (κ1) is 8.70. The SMILES string of the molecule is [O-][n+]1ncc2ccc3cccc4ccc1c2c34. The maximum absolute atomic E-state index is 11.7. The van der Waals surface area contributed by atoms with Gasteiger partial charge in [0.1, 0.15) is 6.20 Å². The average molecular weight is 220 g/mol. The fourth-order valence-corrected chi connectivity index (χ4v) is 2.53. The highest BCUT2D eigenvalue weighted by Crippen LogP contribution is 2.31. The lowest BCUT2D eigenvalue weighted by Crippen LogP contribution is -2.31. The highest BCUT2D eigenvalue weighted by Gasteiger charge is 2.13. The van der Waals surface area contributed by atoms with Gasteiger partial charge in [0, 0.05) is 21.9 Å². The van der Waals surface area contributed by atoms with E-state index in [1.54, 1.807) is 6.20 Å². The third kappa shape index (κ3) is 1.00. The fourth-order valence-electron chi connectivity index (χ4n) is 2.53. The van der Waals surface area contributed by atoms with E-state index < -0.39 is 0 Å². The van der Waals surface area contributed by atoms with Crippen LogP contribution in [-0.2, 0) is 0 Å². The summed E-state index contributed by atoms with van der Waals surface area (Å²) in [4.78, 5) is 0.689. The largest absolute Gasteiger partial charge is 0.594 e. The molecule has 3 aromatic carbocycles. The zero-order chi connectivity index (χ0) is 11.4. The molecule has 0 saturated carbocycles. The number of rotatable bonds is 0. The molecule has 3 nitrogen and oxygen atoms in total. The lowest BCUT2D eigenvalue weighted by atomic mass is 9.98. The Morgan fingerprint density at radius 3 is 2.35 bits per heavy atom. The second-order valence-corrected chi connectivity index (χ2v) is 4.21. The van der Waals surface area contributed by atoms with E-state index >= 15 is 0 Å². The van der Waals surface area contributed by atoms with Crippen LogP contribution in [0.2, 0.25) is 0 Å². The van der Waals surface area contributed by atoms with Crippen molar-refractivity contribution in [2.24, 2.45) is 0 Å². The Hall–Kier alpha value is -2.42. The Bertz CT molecular complexity index is 839. The van der Waals surface area contributed by atoms with Crippen LogP contribution in [0.25, 0.3) is 32.4 Å². The first-order chi connectivity index (χ1) is 8.34. The maximum Gasteiger partial charge on any atom is 0.253 e. The van der Waals surface area contributed by atoms with Gasteiger partial charge in [-0.25, -0.2) is 0 Å². The Balaban J connectivity index is 2.48. The van der Waals surface area contributed by atoms with Crippen LogP contribution in [0.1, 0.15) is 0 Å². The van der Waals surface area contributed by atoms with Gasteiger partial charge in [0.15, 0.2) is 0 Å². The molecule has 0 fully saturated rings. The summed E-state index contributed by atoms with van der Waals surface area (Å²) >= 11 is 0. The minimum Gasteiger partial charge on any atom is -0.594 e. The molecular formula is C14H8N2O. The highest BCUT2D eigenvalue weighted by atomic mass is 16.5. The van der Waals surface area contributed by atoms with Crippen molar-refractivity contribution in [3.8, 4) is 0 Å². The van der Waals surface area contributed by atoms with Crippen molar-refractivity contribution in [3.63, 3.8) is 0 Å². The summed E-state index contributed by atoms with van der Waals surface area (Å²) in [6.07, 6.45) is 1.63. The summed E-state index contributed by atoms with van der Waals surface area (Å²) in [5.74, 6) is 0. The molecule has 0 N–H and O–H groups in total. The Labute approximate surface area is 96.8 Å². The molecule has 0 spiro atoms. The molecule has 0 radical (unpaired) electrons. The molecule has 0 amide bonds. The number of nitrogens with zero attached hydrogens (tertiary/aromatic N) is 2. The predicted octanol–water partition coefficient (Wildman–Crippen LogP) is 2.61. The van der Waals surface area contributed by atoms with Crippen molar-refractivity contribution >= 4 is 32.4 Å². The van der Waals surface area contributed by atoms with E-state index in [-0.39, 0.29) is 0 Å². The van der Waals surface area contributed by atoms with Gasteiger partial charge in [-0.2, -0.15) is 0 Å². The molecule has 4 aromatic rings. The molecule has 0 bridgehead atoms. The Kier molecular flexibility index (Phi) is 1.45. The van der Waals surface area contributed by atoms with Crippen LogP contribution in [0.15, 0.2) is 48.7 Å².